The molecule has 3 aromatic rings. The predicted molar refractivity (Wildman–Crippen MR) is 101 cm³/mol. The van der Waals surface area contributed by atoms with E-state index in [1.165, 1.54) is 16.8 Å². The molecule has 1 N–H and O–H groups in total. The van der Waals surface area contributed by atoms with Gasteiger partial charge in [0.05, 0.1) is 11.4 Å². The molecule has 0 fully saturated rings. The number of hydrogen-bond acceptors (Lipinski definition) is 5. The Labute approximate surface area is 162 Å². The average Bonchev–Trinajstić information content (AvgIpc) is 3.29. The highest BCUT2D eigenvalue weighted by molar-refractivity contribution is 7.14. The Balaban J connectivity index is 1.53. The Morgan fingerprint density at radius 2 is 2.11 bits per heavy atom. The molecule has 1 amide bonds. The van der Waals surface area contributed by atoms with E-state index >= 15 is 0 Å². The summed E-state index contributed by atoms with van der Waals surface area (Å²) < 4.78 is 28.1. The molecular formula is C19H16F2N4O2S. The molecule has 1 unspecified atom stereocenters. The minimum Gasteiger partial charge on any atom is -0.300 e. The van der Waals surface area contributed by atoms with Crippen LogP contribution in [-0.2, 0) is 17.6 Å². The van der Waals surface area contributed by atoms with Gasteiger partial charge < -0.3 is 5.32 Å². The second-order valence-corrected chi connectivity index (χ2v) is 7.44. The molecule has 144 valence electrons. The van der Waals surface area contributed by atoms with Gasteiger partial charge in [-0.15, -0.1) is 11.3 Å². The van der Waals surface area contributed by atoms with Gasteiger partial charge in [0.2, 0.25) is 0 Å². The lowest BCUT2D eigenvalue weighted by Crippen LogP contribution is -2.33. The van der Waals surface area contributed by atoms with Crippen molar-refractivity contribution in [1.29, 1.82) is 0 Å². The van der Waals surface area contributed by atoms with Crippen molar-refractivity contribution in [2.45, 2.75) is 32.2 Å². The number of fused-ring (bicyclic) bond motifs is 1. The zero-order valence-electron chi connectivity index (χ0n) is 14.9. The molecule has 6 nitrogen and oxygen atoms in total. The number of thiazole rings is 1. The number of aromatic nitrogens is 3. The fourth-order valence-electron chi connectivity index (χ4n) is 3.17. The third-order valence-electron chi connectivity index (χ3n) is 4.67. The van der Waals surface area contributed by atoms with Crippen LogP contribution in [0.2, 0.25) is 0 Å². The van der Waals surface area contributed by atoms with E-state index in [1.54, 1.807) is 12.3 Å². The van der Waals surface area contributed by atoms with E-state index in [-0.39, 0.29) is 16.3 Å². The van der Waals surface area contributed by atoms with E-state index < -0.39 is 23.6 Å². The molecular weight excluding hydrogens is 386 g/mol. The number of benzene rings is 1. The molecule has 9 heteroatoms. The summed E-state index contributed by atoms with van der Waals surface area (Å²) in [6, 6.07) is 3.93. The predicted octanol–water partition coefficient (Wildman–Crippen LogP) is 3.33. The van der Waals surface area contributed by atoms with Crippen molar-refractivity contribution in [3.63, 3.8) is 0 Å². The van der Waals surface area contributed by atoms with Gasteiger partial charge >= 0.3 is 0 Å². The van der Waals surface area contributed by atoms with E-state index in [9.17, 15) is 18.4 Å². The van der Waals surface area contributed by atoms with E-state index in [2.05, 4.69) is 15.4 Å². The standard InChI is InChI=1S/C19H16F2N4O2S/c1-10(25-17(26)7-11-3-2-4-15(11)24-25)18(27)23-19-22-16(9-28-19)13-6-5-12(20)8-14(13)21/h5-10H,2-4H2,1H3,(H,22,23,27). The fourth-order valence-corrected chi connectivity index (χ4v) is 3.88. The van der Waals surface area contributed by atoms with Gasteiger partial charge in [-0.05, 0) is 43.9 Å². The number of aryl methyl sites for hydroxylation is 2. The Hall–Kier alpha value is -2.94. The molecule has 4 rings (SSSR count). The van der Waals surface area contributed by atoms with Crippen molar-refractivity contribution >= 4 is 22.4 Å². The van der Waals surface area contributed by atoms with Crippen LogP contribution < -0.4 is 10.9 Å². The highest BCUT2D eigenvalue weighted by atomic mass is 32.1. The summed E-state index contributed by atoms with van der Waals surface area (Å²) in [6.45, 7) is 1.58. The van der Waals surface area contributed by atoms with Gasteiger partial charge in [-0.25, -0.2) is 18.4 Å². The number of anilines is 1. The maximum Gasteiger partial charge on any atom is 0.267 e. The van der Waals surface area contributed by atoms with Gasteiger partial charge in [-0.3, -0.25) is 9.59 Å². The highest BCUT2D eigenvalue weighted by Gasteiger charge is 2.22. The summed E-state index contributed by atoms with van der Waals surface area (Å²) in [4.78, 5) is 29.0. The van der Waals surface area contributed by atoms with Gasteiger partial charge in [0.15, 0.2) is 5.13 Å². The van der Waals surface area contributed by atoms with Crippen LogP contribution in [0.25, 0.3) is 11.3 Å². The van der Waals surface area contributed by atoms with E-state index in [1.807, 2.05) is 0 Å². The number of carbonyl (C=O) groups excluding carboxylic acids is 1. The first-order chi connectivity index (χ1) is 13.4. The molecule has 0 bridgehead atoms. The molecule has 1 aliphatic carbocycles. The van der Waals surface area contributed by atoms with Crippen LogP contribution in [0.3, 0.4) is 0 Å². The monoisotopic (exact) mass is 402 g/mol. The van der Waals surface area contributed by atoms with Crippen LogP contribution in [0.1, 0.15) is 30.6 Å². The number of halogens is 2. The minimum atomic E-state index is -0.826. The summed E-state index contributed by atoms with van der Waals surface area (Å²) in [6.07, 6.45) is 2.58. The molecule has 1 aliphatic rings. The molecule has 0 spiro atoms. The molecule has 0 saturated carbocycles. The lowest BCUT2D eigenvalue weighted by Gasteiger charge is -2.14. The second-order valence-electron chi connectivity index (χ2n) is 6.58. The summed E-state index contributed by atoms with van der Waals surface area (Å²) in [5.41, 5.74) is 1.90. The zero-order valence-corrected chi connectivity index (χ0v) is 15.7. The summed E-state index contributed by atoms with van der Waals surface area (Å²) >= 11 is 1.11. The number of hydrogen-bond donors (Lipinski definition) is 1. The molecule has 0 aliphatic heterocycles. The number of amides is 1. The Morgan fingerprint density at radius 3 is 2.89 bits per heavy atom. The largest absolute Gasteiger partial charge is 0.300 e. The Bertz CT molecular complexity index is 1130. The highest BCUT2D eigenvalue weighted by Crippen LogP contribution is 2.28. The number of rotatable bonds is 4. The second kappa shape index (κ2) is 7.23. The Kier molecular flexibility index (Phi) is 4.76. The first kappa shape index (κ1) is 18.4. The van der Waals surface area contributed by atoms with Crippen LogP contribution in [-0.4, -0.2) is 20.7 Å². The molecule has 0 saturated heterocycles. The summed E-state index contributed by atoms with van der Waals surface area (Å²) in [5, 5.41) is 8.78. The first-order valence-electron chi connectivity index (χ1n) is 8.76. The SMILES string of the molecule is CC(C(=O)Nc1nc(-c2ccc(F)cc2F)cs1)n1nc2c(cc1=O)CCC2. The summed E-state index contributed by atoms with van der Waals surface area (Å²) in [7, 11) is 0. The van der Waals surface area contributed by atoms with Crippen molar-refractivity contribution < 1.29 is 13.6 Å². The first-order valence-corrected chi connectivity index (χ1v) is 9.64. The quantitative estimate of drug-likeness (QED) is 0.726. The van der Waals surface area contributed by atoms with Crippen molar-refractivity contribution in [2.75, 3.05) is 5.32 Å². The van der Waals surface area contributed by atoms with Crippen LogP contribution in [0.5, 0.6) is 0 Å². The average molecular weight is 402 g/mol. The third-order valence-corrected chi connectivity index (χ3v) is 5.43. The Morgan fingerprint density at radius 1 is 1.29 bits per heavy atom. The topological polar surface area (TPSA) is 76.9 Å². The van der Waals surface area contributed by atoms with E-state index in [4.69, 9.17) is 0 Å². The normalized spacial score (nSPS) is 14.0. The summed E-state index contributed by atoms with van der Waals surface area (Å²) in [5.74, 6) is -1.86. The van der Waals surface area contributed by atoms with Crippen LogP contribution in [0.4, 0.5) is 13.9 Å². The molecule has 1 aromatic carbocycles. The van der Waals surface area contributed by atoms with Crippen molar-refractivity contribution in [2.24, 2.45) is 0 Å². The van der Waals surface area contributed by atoms with Gasteiger partial charge in [0.1, 0.15) is 17.7 Å². The van der Waals surface area contributed by atoms with E-state index in [0.29, 0.717) is 5.69 Å². The number of nitrogens with zero attached hydrogens (tertiary/aromatic N) is 3. The van der Waals surface area contributed by atoms with Crippen molar-refractivity contribution in [3.8, 4) is 11.3 Å². The van der Waals surface area contributed by atoms with Crippen molar-refractivity contribution in [3.05, 3.63) is 62.9 Å². The maximum absolute atomic E-state index is 13.9. The lowest BCUT2D eigenvalue weighted by atomic mass is 10.1. The number of nitrogens with one attached hydrogen (secondary N) is 1. The van der Waals surface area contributed by atoms with Crippen LogP contribution in [0, 0.1) is 11.6 Å². The lowest BCUT2D eigenvalue weighted by molar-refractivity contribution is -0.119. The smallest absolute Gasteiger partial charge is 0.267 e. The molecule has 0 radical (unpaired) electrons. The van der Waals surface area contributed by atoms with Gasteiger partial charge in [0.25, 0.3) is 11.5 Å². The fraction of sp³-hybridized carbons (Fsp3) is 0.263. The zero-order chi connectivity index (χ0) is 19.8. The number of carbonyl (C=O) groups is 1. The minimum absolute atomic E-state index is 0.141. The molecule has 28 heavy (non-hydrogen) atoms. The maximum atomic E-state index is 13.9. The molecule has 2 heterocycles. The van der Waals surface area contributed by atoms with Gasteiger partial charge in [0, 0.05) is 23.1 Å². The van der Waals surface area contributed by atoms with Crippen LogP contribution >= 0.6 is 11.3 Å². The van der Waals surface area contributed by atoms with Gasteiger partial charge in [-0.1, -0.05) is 0 Å². The molecule has 2 aromatic heterocycles. The van der Waals surface area contributed by atoms with Crippen molar-refractivity contribution in [1.82, 2.24) is 14.8 Å². The third kappa shape index (κ3) is 3.45. The van der Waals surface area contributed by atoms with E-state index in [0.717, 1.165) is 54.0 Å². The molecule has 1 atom stereocenters. The van der Waals surface area contributed by atoms with Gasteiger partial charge in [-0.2, -0.15) is 5.10 Å². The van der Waals surface area contributed by atoms with Crippen LogP contribution in [0.15, 0.2) is 34.4 Å².